The average molecular weight is 546 g/mol. The maximum absolute atomic E-state index is 13.3. The molecule has 0 aliphatic carbocycles. The molecule has 0 bridgehead atoms. The third-order valence-electron chi connectivity index (χ3n) is 5.76. The van der Waals surface area contributed by atoms with Gasteiger partial charge in [-0.2, -0.15) is 5.21 Å². The lowest BCUT2D eigenvalue weighted by molar-refractivity contribution is -0.132. The van der Waals surface area contributed by atoms with E-state index in [2.05, 4.69) is 36.6 Å². The largest absolute Gasteiger partial charge is 0.507 e. The summed E-state index contributed by atoms with van der Waals surface area (Å²) in [5.74, 6) is -2.87. The maximum atomic E-state index is 13.3. The van der Waals surface area contributed by atoms with E-state index in [1.54, 1.807) is 48.5 Å². The minimum atomic E-state index is -1.11. The van der Waals surface area contributed by atoms with E-state index in [1.807, 2.05) is 0 Å². The highest BCUT2D eigenvalue weighted by Crippen LogP contribution is 2.42. The number of aliphatic hydroxyl groups excluding tert-OH is 1. The van der Waals surface area contributed by atoms with Crippen molar-refractivity contribution in [2.45, 2.75) is 6.04 Å². The zero-order chi connectivity index (χ0) is 25.4. The van der Waals surface area contributed by atoms with Crippen molar-refractivity contribution in [1.29, 1.82) is 0 Å². The smallest absolute Gasteiger partial charge is 0.335 e. The molecule has 36 heavy (non-hydrogen) atoms. The fourth-order valence-electron chi connectivity index (χ4n) is 4.06. The topological polar surface area (TPSA) is 149 Å². The number of tetrazole rings is 1. The van der Waals surface area contributed by atoms with Crippen LogP contribution in [0.15, 0.2) is 82.8 Å². The molecule has 0 saturated carbocycles. The van der Waals surface area contributed by atoms with Crippen LogP contribution >= 0.6 is 15.9 Å². The van der Waals surface area contributed by atoms with Gasteiger partial charge in [0.25, 0.3) is 11.7 Å². The van der Waals surface area contributed by atoms with E-state index in [4.69, 9.17) is 0 Å². The number of carboxylic acid groups (broad SMARTS) is 1. The molecule has 3 aromatic carbocycles. The summed E-state index contributed by atoms with van der Waals surface area (Å²) in [5, 5.41) is 34.3. The molecule has 1 fully saturated rings. The highest BCUT2D eigenvalue weighted by atomic mass is 79.9. The molecule has 5 rings (SSSR count). The second kappa shape index (κ2) is 9.19. The Morgan fingerprint density at radius 3 is 2.28 bits per heavy atom. The second-order valence-corrected chi connectivity index (χ2v) is 8.80. The van der Waals surface area contributed by atoms with E-state index in [-0.39, 0.29) is 16.9 Å². The van der Waals surface area contributed by atoms with Gasteiger partial charge in [-0.15, -0.1) is 10.2 Å². The Bertz CT molecular complexity index is 1520. The molecule has 1 saturated heterocycles. The predicted octanol–water partition coefficient (Wildman–Crippen LogP) is 3.95. The summed E-state index contributed by atoms with van der Waals surface area (Å²) in [4.78, 5) is 39.3. The lowest BCUT2D eigenvalue weighted by atomic mass is 9.94. The summed E-state index contributed by atoms with van der Waals surface area (Å²) in [7, 11) is 0. The van der Waals surface area contributed by atoms with Crippen LogP contribution in [0.5, 0.6) is 0 Å². The summed E-state index contributed by atoms with van der Waals surface area (Å²) in [6.45, 7) is 0. The minimum absolute atomic E-state index is 0.0442. The molecule has 11 heteroatoms. The fraction of sp³-hybridized carbons (Fsp3) is 0.0400. The number of anilines is 1. The number of rotatable bonds is 5. The third kappa shape index (κ3) is 4.05. The number of nitrogens with zero attached hydrogens (tertiary/aromatic N) is 4. The van der Waals surface area contributed by atoms with Crippen LogP contribution < -0.4 is 4.90 Å². The number of H-pyrrole nitrogens is 1. The van der Waals surface area contributed by atoms with E-state index in [9.17, 15) is 24.6 Å². The van der Waals surface area contributed by atoms with Gasteiger partial charge in [0, 0.05) is 21.3 Å². The highest BCUT2D eigenvalue weighted by Gasteiger charge is 2.47. The average Bonchev–Trinajstić information content (AvgIpc) is 3.51. The molecule has 10 nitrogen and oxygen atoms in total. The quantitative estimate of drug-likeness (QED) is 0.194. The van der Waals surface area contributed by atoms with Gasteiger partial charge in [-0.1, -0.05) is 52.3 Å². The summed E-state index contributed by atoms with van der Waals surface area (Å²) < 4.78 is 0.776. The normalized spacial score (nSPS) is 16.9. The molecule has 1 atom stereocenters. The maximum Gasteiger partial charge on any atom is 0.335 e. The van der Waals surface area contributed by atoms with E-state index in [1.165, 1.54) is 29.2 Å². The Morgan fingerprint density at radius 1 is 0.944 bits per heavy atom. The van der Waals surface area contributed by atoms with Crippen LogP contribution in [0.4, 0.5) is 5.69 Å². The Labute approximate surface area is 212 Å². The van der Waals surface area contributed by atoms with Crippen LogP contribution in [0.3, 0.4) is 0 Å². The molecule has 3 N–H and O–H groups in total. The van der Waals surface area contributed by atoms with E-state index in [0.29, 0.717) is 28.2 Å². The summed E-state index contributed by atoms with van der Waals surface area (Å²) in [5.41, 5.74) is 1.64. The summed E-state index contributed by atoms with van der Waals surface area (Å²) in [6.07, 6.45) is 0. The zero-order valence-corrected chi connectivity index (χ0v) is 19.9. The first-order valence-electron chi connectivity index (χ1n) is 10.6. The van der Waals surface area contributed by atoms with Crippen molar-refractivity contribution in [2.24, 2.45) is 0 Å². The number of aromatic carboxylic acids is 1. The van der Waals surface area contributed by atoms with Crippen molar-refractivity contribution in [3.05, 3.63) is 99.5 Å². The van der Waals surface area contributed by atoms with Gasteiger partial charge in [0.05, 0.1) is 17.2 Å². The third-order valence-corrected chi connectivity index (χ3v) is 6.29. The van der Waals surface area contributed by atoms with Gasteiger partial charge in [0.15, 0.2) is 0 Å². The lowest BCUT2D eigenvalue weighted by Gasteiger charge is -2.26. The van der Waals surface area contributed by atoms with Crippen molar-refractivity contribution in [3.63, 3.8) is 0 Å². The lowest BCUT2D eigenvalue weighted by Crippen LogP contribution is -2.29. The Kier molecular flexibility index (Phi) is 5.90. The second-order valence-electron chi connectivity index (χ2n) is 7.89. The number of aromatic amines is 1. The molecule has 1 aliphatic heterocycles. The number of amides is 1. The molecular weight excluding hydrogens is 530 g/mol. The number of benzene rings is 3. The monoisotopic (exact) mass is 545 g/mol. The first-order chi connectivity index (χ1) is 17.3. The summed E-state index contributed by atoms with van der Waals surface area (Å²) >= 11 is 3.34. The predicted molar refractivity (Wildman–Crippen MR) is 132 cm³/mol. The zero-order valence-electron chi connectivity index (χ0n) is 18.3. The molecule has 4 aromatic rings. The standard InChI is InChI=1S/C25H16BrN5O5/c26-17-10-8-14(9-11-17)21(32)19-20(13-4-6-15(7-5-13)25(35)36)31(24(34)22(19)33)18-3-1-2-16(12-18)23-27-29-30-28-23/h1-12,20,32H,(H,35,36)(H,27,28,29,30). The number of aliphatic hydroxyl groups is 1. The Hall–Kier alpha value is -4.64. The van der Waals surface area contributed by atoms with Crippen molar-refractivity contribution in [1.82, 2.24) is 20.6 Å². The van der Waals surface area contributed by atoms with Crippen molar-refractivity contribution in [3.8, 4) is 11.4 Å². The number of carboxylic acids is 1. The van der Waals surface area contributed by atoms with Gasteiger partial charge < -0.3 is 10.2 Å². The van der Waals surface area contributed by atoms with Crippen LogP contribution in [-0.2, 0) is 9.59 Å². The number of aromatic nitrogens is 4. The van der Waals surface area contributed by atoms with E-state index in [0.717, 1.165) is 4.47 Å². The Balaban J connectivity index is 1.70. The summed E-state index contributed by atoms with van der Waals surface area (Å²) in [6, 6.07) is 18.1. The van der Waals surface area contributed by atoms with Crippen molar-refractivity contribution >= 4 is 45.0 Å². The van der Waals surface area contributed by atoms with Crippen molar-refractivity contribution in [2.75, 3.05) is 4.90 Å². The van der Waals surface area contributed by atoms with Crippen LogP contribution in [0.1, 0.15) is 27.5 Å². The number of halogens is 1. The van der Waals surface area contributed by atoms with E-state index >= 15 is 0 Å². The number of nitrogens with one attached hydrogen (secondary N) is 1. The number of carbonyl (C=O) groups excluding carboxylic acids is 2. The number of ketones is 1. The van der Waals surface area contributed by atoms with Gasteiger partial charge in [0.1, 0.15) is 5.76 Å². The van der Waals surface area contributed by atoms with Gasteiger partial charge in [-0.05, 0) is 47.2 Å². The molecular formula is C25H16BrN5O5. The first kappa shape index (κ1) is 23.1. The first-order valence-corrected chi connectivity index (χ1v) is 11.4. The molecule has 0 spiro atoms. The molecule has 1 aliphatic rings. The number of hydrogen-bond acceptors (Lipinski definition) is 7. The van der Waals surface area contributed by atoms with Crippen LogP contribution in [0, 0.1) is 0 Å². The fourth-order valence-corrected chi connectivity index (χ4v) is 4.33. The molecule has 1 amide bonds. The van der Waals surface area contributed by atoms with Crippen LogP contribution in [0.2, 0.25) is 0 Å². The Morgan fingerprint density at radius 2 is 1.64 bits per heavy atom. The SMILES string of the molecule is O=C1C(=O)N(c2cccc(-c3nn[nH]n3)c2)C(c2ccc(C(=O)O)cc2)C1=C(O)c1ccc(Br)cc1. The van der Waals surface area contributed by atoms with Gasteiger partial charge in [-0.3, -0.25) is 14.5 Å². The molecule has 0 radical (unpaired) electrons. The molecule has 2 heterocycles. The van der Waals surface area contributed by atoms with Crippen LogP contribution in [0.25, 0.3) is 17.1 Å². The minimum Gasteiger partial charge on any atom is -0.507 e. The number of carbonyl (C=O) groups is 3. The number of Topliss-reactive ketones (excluding diaryl/α,β-unsaturated/α-hetero) is 1. The van der Waals surface area contributed by atoms with E-state index < -0.39 is 23.7 Å². The molecule has 1 unspecified atom stereocenters. The highest BCUT2D eigenvalue weighted by molar-refractivity contribution is 9.10. The molecule has 1 aromatic heterocycles. The van der Waals surface area contributed by atoms with Crippen molar-refractivity contribution < 1.29 is 24.6 Å². The van der Waals surface area contributed by atoms with Gasteiger partial charge >= 0.3 is 5.97 Å². The van der Waals surface area contributed by atoms with Gasteiger partial charge in [0.2, 0.25) is 5.82 Å². The van der Waals surface area contributed by atoms with Gasteiger partial charge in [-0.25, -0.2) is 4.79 Å². The number of hydrogen-bond donors (Lipinski definition) is 3. The van der Waals surface area contributed by atoms with Crippen LogP contribution in [-0.4, -0.2) is 48.5 Å². The molecule has 178 valence electrons.